The molecular formula is C26H24Cl2N2O4S. The van der Waals surface area contributed by atoms with Crippen molar-refractivity contribution in [2.24, 2.45) is 5.92 Å². The monoisotopic (exact) mass is 530 g/mol. The fourth-order valence-electron chi connectivity index (χ4n) is 4.91. The normalized spacial score (nSPS) is 20.5. The highest BCUT2D eigenvalue weighted by Crippen LogP contribution is 2.52. The third-order valence-corrected chi connectivity index (χ3v) is 8.50. The lowest BCUT2D eigenvalue weighted by molar-refractivity contribution is 0.374. The van der Waals surface area contributed by atoms with E-state index in [0.29, 0.717) is 5.02 Å². The third kappa shape index (κ3) is 4.44. The van der Waals surface area contributed by atoms with E-state index in [9.17, 15) is 8.42 Å². The second-order valence-corrected chi connectivity index (χ2v) is 11.1. The predicted octanol–water partition coefficient (Wildman–Crippen LogP) is 6.64. The van der Waals surface area contributed by atoms with Crippen LogP contribution in [0.25, 0.3) is 0 Å². The molecule has 9 heteroatoms. The van der Waals surface area contributed by atoms with E-state index in [0.717, 1.165) is 34.7 Å². The molecule has 0 fully saturated rings. The van der Waals surface area contributed by atoms with Crippen LogP contribution >= 0.6 is 23.2 Å². The molecule has 182 valence electrons. The molecule has 0 saturated heterocycles. The largest absolute Gasteiger partial charge is 0.497 e. The van der Waals surface area contributed by atoms with Gasteiger partial charge in [0.15, 0.2) is 0 Å². The second-order valence-electron chi connectivity index (χ2n) is 8.56. The molecule has 3 aromatic carbocycles. The lowest BCUT2D eigenvalue weighted by Gasteiger charge is -2.38. The number of anilines is 2. The van der Waals surface area contributed by atoms with Gasteiger partial charge in [-0.1, -0.05) is 35.4 Å². The molecule has 0 bridgehead atoms. The number of rotatable bonds is 6. The summed E-state index contributed by atoms with van der Waals surface area (Å²) >= 11 is 12.1. The van der Waals surface area contributed by atoms with E-state index in [-0.39, 0.29) is 33.5 Å². The van der Waals surface area contributed by atoms with Gasteiger partial charge in [-0.3, -0.25) is 4.72 Å². The molecule has 0 saturated carbocycles. The molecule has 3 aromatic rings. The Hall–Kier alpha value is -2.87. The standard InChI is InChI=1S/C26H24Cl2N2O4S/c1-33-16-7-11-25(34-2)21(13-16)26-19-5-3-4-18(19)20-14-17(8-10-23(20)29-26)35(31,32)30-24-9-6-15(27)12-22(24)28/h3-4,6-14,18-19,26,29-30H,5H2,1-2H3/t18-,19+,26-/m0/s1. The molecule has 1 heterocycles. The summed E-state index contributed by atoms with van der Waals surface area (Å²) in [6.45, 7) is 0. The van der Waals surface area contributed by atoms with Crippen LogP contribution in [0.5, 0.6) is 11.5 Å². The van der Waals surface area contributed by atoms with Crippen molar-refractivity contribution < 1.29 is 17.9 Å². The SMILES string of the molecule is COc1ccc(OC)c([C@H]2Nc3ccc(S(=O)(=O)Nc4ccc(Cl)cc4Cl)cc3[C@H]3C=CC[C@H]32)c1. The topological polar surface area (TPSA) is 76.7 Å². The molecule has 5 rings (SSSR count). The average Bonchev–Trinajstić information content (AvgIpc) is 3.35. The molecule has 0 radical (unpaired) electrons. The molecule has 2 aliphatic rings. The Morgan fingerprint density at radius 3 is 2.54 bits per heavy atom. The minimum absolute atomic E-state index is 0.0268. The van der Waals surface area contributed by atoms with Gasteiger partial charge in [0.1, 0.15) is 11.5 Å². The molecule has 35 heavy (non-hydrogen) atoms. The Morgan fingerprint density at radius 2 is 1.80 bits per heavy atom. The van der Waals surface area contributed by atoms with E-state index >= 15 is 0 Å². The van der Waals surface area contributed by atoms with E-state index in [1.807, 2.05) is 24.3 Å². The number of fused-ring (bicyclic) bond motifs is 3. The van der Waals surface area contributed by atoms with E-state index in [1.165, 1.54) is 6.07 Å². The van der Waals surface area contributed by atoms with Crippen molar-refractivity contribution >= 4 is 44.6 Å². The van der Waals surface area contributed by atoms with Crippen molar-refractivity contribution in [2.45, 2.75) is 23.3 Å². The molecule has 1 aliphatic carbocycles. The van der Waals surface area contributed by atoms with Crippen LogP contribution in [0.3, 0.4) is 0 Å². The molecule has 6 nitrogen and oxygen atoms in total. The number of nitrogens with one attached hydrogen (secondary N) is 2. The first-order valence-electron chi connectivity index (χ1n) is 11.1. The van der Waals surface area contributed by atoms with E-state index < -0.39 is 10.0 Å². The quantitative estimate of drug-likeness (QED) is 0.349. The third-order valence-electron chi connectivity index (χ3n) is 6.59. The zero-order chi connectivity index (χ0) is 24.7. The molecule has 0 amide bonds. The summed E-state index contributed by atoms with van der Waals surface area (Å²) in [7, 11) is -0.565. The Morgan fingerprint density at radius 1 is 0.971 bits per heavy atom. The summed E-state index contributed by atoms with van der Waals surface area (Å²) in [5.74, 6) is 1.78. The zero-order valence-electron chi connectivity index (χ0n) is 19.1. The maximum Gasteiger partial charge on any atom is 0.261 e. The van der Waals surface area contributed by atoms with Crippen LogP contribution in [0.1, 0.15) is 29.5 Å². The fraction of sp³-hybridized carbons (Fsp3) is 0.231. The number of hydrogen-bond donors (Lipinski definition) is 2. The molecule has 0 aromatic heterocycles. The van der Waals surface area contributed by atoms with Crippen LogP contribution in [0, 0.1) is 5.92 Å². The van der Waals surface area contributed by atoms with Gasteiger partial charge in [0.2, 0.25) is 0 Å². The van der Waals surface area contributed by atoms with Gasteiger partial charge in [-0.05, 0) is 72.5 Å². The Bertz CT molecular complexity index is 1420. The van der Waals surface area contributed by atoms with Gasteiger partial charge in [-0.15, -0.1) is 0 Å². The highest BCUT2D eigenvalue weighted by atomic mass is 35.5. The van der Waals surface area contributed by atoms with Crippen molar-refractivity contribution in [3.05, 3.63) is 87.9 Å². The van der Waals surface area contributed by atoms with Crippen molar-refractivity contribution in [2.75, 3.05) is 24.3 Å². The minimum Gasteiger partial charge on any atom is -0.497 e. The first kappa shape index (κ1) is 23.9. The summed E-state index contributed by atoms with van der Waals surface area (Å²) in [5, 5.41) is 4.29. The van der Waals surface area contributed by atoms with Gasteiger partial charge < -0.3 is 14.8 Å². The summed E-state index contributed by atoms with van der Waals surface area (Å²) in [6.07, 6.45) is 5.17. The number of allylic oxidation sites excluding steroid dienone is 2. The van der Waals surface area contributed by atoms with Gasteiger partial charge in [-0.25, -0.2) is 8.42 Å². The van der Waals surface area contributed by atoms with Crippen molar-refractivity contribution in [1.29, 1.82) is 0 Å². The van der Waals surface area contributed by atoms with Gasteiger partial charge in [0.05, 0.1) is 35.9 Å². The lowest BCUT2D eigenvalue weighted by Crippen LogP contribution is -2.29. The maximum absolute atomic E-state index is 13.2. The highest BCUT2D eigenvalue weighted by Gasteiger charge is 2.39. The first-order chi connectivity index (χ1) is 16.8. The van der Waals surface area contributed by atoms with E-state index in [2.05, 4.69) is 22.2 Å². The molecule has 1 aliphatic heterocycles. The summed E-state index contributed by atoms with van der Waals surface area (Å²) in [6, 6.07) is 15.5. The molecular weight excluding hydrogens is 507 g/mol. The van der Waals surface area contributed by atoms with Gasteiger partial charge >= 0.3 is 0 Å². The van der Waals surface area contributed by atoms with Crippen LogP contribution in [-0.4, -0.2) is 22.6 Å². The Balaban J connectivity index is 1.51. The molecule has 0 spiro atoms. The van der Waals surface area contributed by atoms with Crippen molar-refractivity contribution in [3.63, 3.8) is 0 Å². The number of methoxy groups -OCH3 is 2. The number of halogens is 2. The van der Waals surface area contributed by atoms with Crippen LogP contribution in [0.4, 0.5) is 11.4 Å². The van der Waals surface area contributed by atoms with E-state index in [4.69, 9.17) is 32.7 Å². The summed E-state index contributed by atoms with van der Waals surface area (Å²) < 4.78 is 40.0. The average molecular weight is 531 g/mol. The number of sulfonamides is 1. The second kappa shape index (κ2) is 9.30. The van der Waals surface area contributed by atoms with Crippen LogP contribution in [0.15, 0.2) is 71.6 Å². The number of ether oxygens (including phenoxy) is 2. The molecule has 0 unspecified atom stereocenters. The van der Waals surface area contributed by atoms with Gasteiger partial charge in [-0.2, -0.15) is 0 Å². The predicted molar refractivity (Wildman–Crippen MR) is 140 cm³/mol. The molecule has 3 atom stereocenters. The Kier molecular flexibility index (Phi) is 6.34. The number of hydrogen-bond acceptors (Lipinski definition) is 5. The van der Waals surface area contributed by atoms with Gasteiger partial charge in [0, 0.05) is 22.2 Å². The maximum atomic E-state index is 13.2. The minimum atomic E-state index is -3.86. The van der Waals surface area contributed by atoms with Crippen molar-refractivity contribution in [1.82, 2.24) is 0 Å². The van der Waals surface area contributed by atoms with Gasteiger partial charge in [0.25, 0.3) is 10.0 Å². The lowest BCUT2D eigenvalue weighted by atomic mass is 9.77. The first-order valence-corrected chi connectivity index (χ1v) is 13.3. The summed E-state index contributed by atoms with van der Waals surface area (Å²) in [4.78, 5) is 0.167. The zero-order valence-corrected chi connectivity index (χ0v) is 21.4. The van der Waals surface area contributed by atoms with Crippen LogP contribution in [0.2, 0.25) is 10.0 Å². The smallest absolute Gasteiger partial charge is 0.261 e. The van der Waals surface area contributed by atoms with Crippen LogP contribution in [-0.2, 0) is 10.0 Å². The Labute approximate surface area is 214 Å². The fourth-order valence-corrected chi connectivity index (χ4v) is 6.53. The number of benzene rings is 3. The van der Waals surface area contributed by atoms with E-state index in [1.54, 1.807) is 38.5 Å². The van der Waals surface area contributed by atoms with Crippen molar-refractivity contribution in [3.8, 4) is 11.5 Å². The highest BCUT2D eigenvalue weighted by molar-refractivity contribution is 7.92. The summed E-state index contributed by atoms with van der Waals surface area (Å²) in [5.41, 5.74) is 3.10. The molecule has 2 N–H and O–H groups in total. The van der Waals surface area contributed by atoms with Crippen LogP contribution < -0.4 is 19.5 Å².